The lowest BCUT2D eigenvalue weighted by atomic mass is 10.0. The maximum Gasteiger partial charge on any atom is 0.145 e. The van der Waals surface area contributed by atoms with Gasteiger partial charge in [0.25, 0.3) is 0 Å². The van der Waals surface area contributed by atoms with Gasteiger partial charge >= 0.3 is 0 Å². The van der Waals surface area contributed by atoms with Gasteiger partial charge in [-0.25, -0.2) is 0 Å². The van der Waals surface area contributed by atoms with Crippen LogP contribution in [-0.4, -0.2) is 27.2 Å². The molecule has 16 heavy (non-hydrogen) atoms. The highest BCUT2D eigenvalue weighted by atomic mass is 16.5. The summed E-state index contributed by atoms with van der Waals surface area (Å²) in [6.07, 6.45) is 0. The smallest absolute Gasteiger partial charge is 0.145 e. The largest absolute Gasteiger partial charge is 0.494 e. The fourth-order valence-corrected chi connectivity index (χ4v) is 2.07. The highest BCUT2D eigenvalue weighted by Crippen LogP contribution is 2.36. The Labute approximate surface area is 98.2 Å². The van der Waals surface area contributed by atoms with E-state index in [9.17, 15) is 0 Å². The van der Waals surface area contributed by atoms with Crippen molar-refractivity contribution in [3.05, 3.63) is 22.8 Å². The summed E-state index contributed by atoms with van der Waals surface area (Å²) in [5.41, 5.74) is 10.4. The van der Waals surface area contributed by atoms with Crippen molar-refractivity contribution in [3.8, 4) is 5.75 Å². The number of nitrogens with two attached hydrogens (primary N) is 1. The number of methoxy groups -OCH3 is 1. The first kappa shape index (κ1) is 12.8. The number of ether oxygens (including phenoxy) is 1. The summed E-state index contributed by atoms with van der Waals surface area (Å²) in [6.45, 7) is 7.79. The van der Waals surface area contributed by atoms with Gasteiger partial charge in [-0.2, -0.15) is 0 Å². The van der Waals surface area contributed by atoms with Gasteiger partial charge in [0.15, 0.2) is 0 Å². The van der Waals surface area contributed by atoms with E-state index >= 15 is 0 Å². The zero-order valence-corrected chi connectivity index (χ0v) is 10.9. The Morgan fingerprint density at radius 2 is 1.88 bits per heavy atom. The third-order valence-electron chi connectivity index (χ3n) is 3.00. The van der Waals surface area contributed by atoms with E-state index in [1.54, 1.807) is 7.11 Å². The van der Waals surface area contributed by atoms with Crippen molar-refractivity contribution < 1.29 is 4.74 Å². The summed E-state index contributed by atoms with van der Waals surface area (Å²) in [6, 6.07) is 2.19. The molecular formula is C13H22N2O. The third kappa shape index (κ3) is 2.30. The van der Waals surface area contributed by atoms with Crippen LogP contribution in [0.4, 0.5) is 5.69 Å². The van der Waals surface area contributed by atoms with Crippen LogP contribution in [-0.2, 0) is 0 Å². The lowest BCUT2D eigenvalue weighted by Crippen LogP contribution is -2.26. The summed E-state index contributed by atoms with van der Waals surface area (Å²) in [5.74, 6) is 0.966. The van der Waals surface area contributed by atoms with Crippen LogP contribution in [0.1, 0.15) is 16.7 Å². The van der Waals surface area contributed by atoms with Gasteiger partial charge in [0, 0.05) is 20.1 Å². The van der Waals surface area contributed by atoms with E-state index in [0.29, 0.717) is 6.54 Å². The normalized spacial score (nSPS) is 10.4. The summed E-state index contributed by atoms with van der Waals surface area (Å²) in [5, 5.41) is 0. The molecule has 0 atom stereocenters. The molecule has 0 aliphatic rings. The predicted octanol–water partition coefficient (Wildman–Crippen LogP) is 2.02. The van der Waals surface area contributed by atoms with E-state index in [2.05, 4.69) is 31.7 Å². The van der Waals surface area contributed by atoms with Crippen molar-refractivity contribution in [2.45, 2.75) is 20.8 Å². The van der Waals surface area contributed by atoms with E-state index in [4.69, 9.17) is 10.5 Å². The number of hydrogen-bond donors (Lipinski definition) is 1. The van der Waals surface area contributed by atoms with Crippen LogP contribution in [0.2, 0.25) is 0 Å². The molecule has 0 aromatic heterocycles. The molecule has 2 N–H and O–H groups in total. The Kier molecular flexibility index (Phi) is 4.19. The Hall–Kier alpha value is -1.22. The Morgan fingerprint density at radius 1 is 1.25 bits per heavy atom. The molecule has 0 saturated heterocycles. The minimum absolute atomic E-state index is 0.645. The molecular weight excluding hydrogens is 200 g/mol. The van der Waals surface area contributed by atoms with Gasteiger partial charge in [-0.1, -0.05) is 6.07 Å². The first-order valence-electron chi connectivity index (χ1n) is 5.59. The topological polar surface area (TPSA) is 38.5 Å². The minimum atomic E-state index is 0.645. The van der Waals surface area contributed by atoms with E-state index in [-0.39, 0.29) is 0 Å². The summed E-state index contributed by atoms with van der Waals surface area (Å²) in [4.78, 5) is 2.15. The summed E-state index contributed by atoms with van der Waals surface area (Å²) < 4.78 is 5.52. The zero-order chi connectivity index (χ0) is 12.3. The molecule has 1 aromatic carbocycles. The minimum Gasteiger partial charge on any atom is -0.494 e. The lowest BCUT2D eigenvalue weighted by molar-refractivity contribution is 0.411. The van der Waals surface area contributed by atoms with Crippen LogP contribution < -0.4 is 15.4 Å². The second kappa shape index (κ2) is 5.21. The van der Waals surface area contributed by atoms with Crippen LogP contribution in [0.5, 0.6) is 5.75 Å². The highest BCUT2D eigenvalue weighted by Gasteiger charge is 2.15. The van der Waals surface area contributed by atoms with Crippen LogP contribution in [0.25, 0.3) is 0 Å². The molecule has 0 aliphatic heterocycles. The van der Waals surface area contributed by atoms with Gasteiger partial charge in [-0.15, -0.1) is 0 Å². The molecule has 0 radical (unpaired) electrons. The average molecular weight is 222 g/mol. The van der Waals surface area contributed by atoms with E-state index < -0.39 is 0 Å². The molecule has 3 heteroatoms. The molecule has 0 aliphatic carbocycles. The maximum absolute atomic E-state index is 5.59. The first-order valence-corrected chi connectivity index (χ1v) is 5.59. The molecule has 0 fully saturated rings. The molecule has 0 bridgehead atoms. The summed E-state index contributed by atoms with van der Waals surface area (Å²) >= 11 is 0. The standard InChI is InChI=1S/C13H22N2O/c1-9-8-10(2)12(15(4)7-6-14)13(16-5)11(9)3/h8H,6-7,14H2,1-5H3. The SMILES string of the molecule is COc1c(C)c(C)cc(C)c1N(C)CCN. The van der Waals surface area contributed by atoms with Gasteiger partial charge in [0.1, 0.15) is 5.75 Å². The van der Waals surface area contributed by atoms with Crippen LogP contribution in [0.3, 0.4) is 0 Å². The fraction of sp³-hybridized carbons (Fsp3) is 0.538. The van der Waals surface area contributed by atoms with Crippen LogP contribution in [0, 0.1) is 20.8 Å². The Bertz CT molecular complexity index is 375. The molecule has 0 heterocycles. The van der Waals surface area contributed by atoms with E-state index in [1.807, 2.05) is 7.05 Å². The van der Waals surface area contributed by atoms with Crippen molar-refractivity contribution >= 4 is 5.69 Å². The number of hydrogen-bond acceptors (Lipinski definition) is 3. The first-order chi connectivity index (χ1) is 7.52. The molecule has 90 valence electrons. The Balaban J connectivity index is 3.30. The van der Waals surface area contributed by atoms with Crippen molar-refractivity contribution in [1.82, 2.24) is 0 Å². The maximum atomic E-state index is 5.59. The molecule has 1 rings (SSSR count). The van der Waals surface area contributed by atoms with Crippen LogP contribution >= 0.6 is 0 Å². The Morgan fingerprint density at radius 3 is 2.38 bits per heavy atom. The number of benzene rings is 1. The number of aryl methyl sites for hydroxylation is 2. The highest BCUT2D eigenvalue weighted by molar-refractivity contribution is 5.67. The number of likely N-dealkylation sites (N-methyl/N-ethyl adjacent to an activating group) is 1. The van der Waals surface area contributed by atoms with Gasteiger partial charge in [0.05, 0.1) is 12.8 Å². The number of anilines is 1. The van der Waals surface area contributed by atoms with Gasteiger partial charge < -0.3 is 15.4 Å². The molecule has 1 aromatic rings. The fourth-order valence-electron chi connectivity index (χ4n) is 2.07. The second-order valence-electron chi connectivity index (χ2n) is 4.23. The quantitative estimate of drug-likeness (QED) is 0.847. The van der Waals surface area contributed by atoms with Gasteiger partial charge in [-0.3, -0.25) is 0 Å². The van der Waals surface area contributed by atoms with Crippen molar-refractivity contribution in [1.29, 1.82) is 0 Å². The lowest BCUT2D eigenvalue weighted by Gasteiger charge is -2.25. The molecule has 0 spiro atoms. The zero-order valence-electron chi connectivity index (χ0n) is 10.9. The second-order valence-corrected chi connectivity index (χ2v) is 4.23. The van der Waals surface area contributed by atoms with E-state index in [0.717, 1.165) is 18.0 Å². The predicted molar refractivity (Wildman–Crippen MR) is 69.5 cm³/mol. The van der Waals surface area contributed by atoms with Crippen molar-refractivity contribution in [2.24, 2.45) is 5.73 Å². The number of rotatable bonds is 4. The molecule has 0 unspecified atom stereocenters. The summed E-state index contributed by atoms with van der Waals surface area (Å²) in [7, 11) is 3.77. The molecule has 0 saturated carbocycles. The average Bonchev–Trinajstić information content (AvgIpc) is 2.23. The van der Waals surface area contributed by atoms with Crippen LogP contribution in [0.15, 0.2) is 6.07 Å². The van der Waals surface area contributed by atoms with Gasteiger partial charge in [-0.05, 0) is 37.5 Å². The van der Waals surface area contributed by atoms with Crippen molar-refractivity contribution in [3.63, 3.8) is 0 Å². The van der Waals surface area contributed by atoms with Crippen molar-refractivity contribution in [2.75, 3.05) is 32.1 Å². The van der Waals surface area contributed by atoms with Gasteiger partial charge in [0.2, 0.25) is 0 Å². The molecule has 3 nitrogen and oxygen atoms in total. The monoisotopic (exact) mass is 222 g/mol. The molecule has 0 amide bonds. The third-order valence-corrected chi connectivity index (χ3v) is 3.00. The number of nitrogens with zero attached hydrogens (tertiary/aromatic N) is 1. The van der Waals surface area contributed by atoms with E-state index in [1.165, 1.54) is 16.7 Å².